The van der Waals surface area contributed by atoms with E-state index in [2.05, 4.69) is 0 Å². The number of carbonyl (C=O) groups is 2. The Labute approximate surface area is 119 Å². The SMILES string of the molecule is CCC(CC)(CC(=O)N1CCc2ccccc21)C(=O)O. The predicted molar refractivity (Wildman–Crippen MR) is 77.8 cm³/mol. The van der Waals surface area contributed by atoms with Crippen LogP contribution in [0, 0.1) is 5.41 Å². The van der Waals surface area contributed by atoms with E-state index in [1.807, 2.05) is 38.1 Å². The van der Waals surface area contributed by atoms with Gasteiger partial charge in [0.25, 0.3) is 0 Å². The third-order valence-corrected chi connectivity index (χ3v) is 4.49. The van der Waals surface area contributed by atoms with Crippen LogP contribution < -0.4 is 4.90 Å². The van der Waals surface area contributed by atoms with Crippen molar-refractivity contribution in [1.29, 1.82) is 0 Å². The van der Waals surface area contributed by atoms with E-state index in [0.717, 1.165) is 17.7 Å². The van der Waals surface area contributed by atoms with E-state index in [1.165, 1.54) is 0 Å². The molecular formula is C16H21NO3. The van der Waals surface area contributed by atoms with Crippen molar-refractivity contribution in [1.82, 2.24) is 0 Å². The van der Waals surface area contributed by atoms with E-state index >= 15 is 0 Å². The van der Waals surface area contributed by atoms with Crippen molar-refractivity contribution < 1.29 is 14.7 Å². The number of para-hydroxylation sites is 1. The van der Waals surface area contributed by atoms with Crippen LogP contribution in [0.2, 0.25) is 0 Å². The first kappa shape index (κ1) is 14.6. The van der Waals surface area contributed by atoms with Gasteiger partial charge in [-0.3, -0.25) is 9.59 Å². The summed E-state index contributed by atoms with van der Waals surface area (Å²) in [5.74, 6) is -0.954. The van der Waals surface area contributed by atoms with Crippen molar-refractivity contribution in [3.05, 3.63) is 29.8 Å². The van der Waals surface area contributed by atoms with Crippen molar-refractivity contribution in [2.75, 3.05) is 11.4 Å². The lowest BCUT2D eigenvalue weighted by Gasteiger charge is -2.28. The fourth-order valence-corrected chi connectivity index (χ4v) is 2.86. The van der Waals surface area contributed by atoms with Crippen molar-refractivity contribution in [2.45, 2.75) is 39.5 Å². The molecule has 20 heavy (non-hydrogen) atoms. The van der Waals surface area contributed by atoms with E-state index < -0.39 is 11.4 Å². The monoisotopic (exact) mass is 275 g/mol. The highest BCUT2D eigenvalue weighted by molar-refractivity contribution is 5.98. The van der Waals surface area contributed by atoms with Gasteiger partial charge in [-0.15, -0.1) is 0 Å². The standard InChI is InChI=1S/C16H21NO3/c1-3-16(4-2,15(19)20)11-14(18)17-10-9-12-7-5-6-8-13(12)17/h5-8H,3-4,9-11H2,1-2H3,(H,19,20). The van der Waals surface area contributed by atoms with Crippen molar-refractivity contribution in [2.24, 2.45) is 5.41 Å². The van der Waals surface area contributed by atoms with Gasteiger partial charge in [0.15, 0.2) is 0 Å². The lowest BCUT2D eigenvalue weighted by molar-refractivity contribution is -0.152. The van der Waals surface area contributed by atoms with Crippen LogP contribution in [0.5, 0.6) is 0 Å². The molecule has 108 valence electrons. The van der Waals surface area contributed by atoms with E-state index in [-0.39, 0.29) is 12.3 Å². The molecule has 1 amide bonds. The van der Waals surface area contributed by atoms with Crippen molar-refractivity contribution in [3.63, 3.8) is 0 Å². The van der Waals surface area contributed by atoms with E-state index in [1.54, 1.807) is 4.90 Å². The van der Waals surface area contributed by atoms with Crippen LogP contribution in [0.15, 0.2) is 24.3 Å². The van der Waals surface area contributed by atoms with Crippen LogP contribution in [0.1, 0.15) is 38.7 Å². The number of fused-ring (bicyclic) bond motifs is 1. The Hall–Kier alpha value is -1.84. The summed E-state index contributed by atoms with van der Waals surface area (Å²) < 4.78 is 0. The molecule has 0 radical (unpaired) electrons. The maximum absolute atomic E-state index is 12.5. The summed E-state index contributed by atoms with van der Waals surface area (Å²) in [5.41, 5.74) is 1.16. The Morgan fingerprint density at radius 1 is 1.25 bits per heavy atom. The first-order chi connectivity index (χ1) is 9.54. The van der Waals surface area contributed by atoms with Crippen molar-refractivity contribution >= 4 is 17.6 Å². The molecule has 1 N–H and O–H groups in total. The summed E-state index contributed by atoms with van der Waals surface area (Å²) in [4.78, 5) is 25.8. The molecule has 4 nitrogen and oxygen atoms in total. The van der Waals surface area contributed by atoms with Crippen molar-refractivity contribution in [3.8, 4) is 0 Å². The zero-order valence-corrected chi connectivity index (χ0v) is 12.1. The minimum absolute atomic E-state index is 0.0731. The molecule has 0 aromatic heterocycles. The molecule has 0 fully saturated rings. The number of nitrogens with zero attached hydrogens (tertiary/aromatic N) is 1. The Morgan fingerprint density at radius 3 is 2.50 bits per heavy atom. The topological polar surface area (TPSA) is 57.6 Å². The summed E-state index contributed by atoms with van der Waals surface area (Å²) in [6.07, 6.45) is 1.87. The smallest absolute Gasteiger partial charge is 0.310 e. The third kappa shape index (κ3) is 2.42. The first-order valence-corrected chi connectivity index (χ1v) is 7.15. The molecule has 0 unspecified atom stereocenters. The molecule has 1 heterocycles. The summed E-state index contributed by atoms with van der Waals surface area (Å²) in [7, 11) is 0. The van der Waals surface area contributed by atoms with Gasteiger partial charge < -0.3 is 10.0 Å². The molecule has 1 aliphatic rings. The number of rotatable bonds is 5. The van der Waals surface area contributed by atoms with Gasteiger partial charge in [-0.2, -0.15) is 0 Å². The summed E-state index contributed by atoms with van der Waals surface area (Å²) in [5, 5.41) is 9.44. The van der Waals surface area contributed by atoms with Crippen LogP contribution in [0.4, 0.5) is 5.69 Å². The Balaban J connectivity index is 2.19. The number of anilines is 1. The van der Waals surface area contributed by atoms with Crippen LogP contribution in [-0.2, 0) is 16.0 Å². The lowest BCUT2D eigenvalue weighted by Crippen LogP contribution is -2.38. The maximum Gasteiger partial charge on any atom is 0.310 e. The van der Waals surface area contributed by atoms with Crippen LogP contribution in [0.3, 0.4) is 0 Å². The zero-order chi connectivity index (χ0) is 14.8. The maximum atomic E-state index is 12.5. The lowest BCUT2D eigenvalue weighted by atomic mass is 9.79. The van der Waals surface area contributed by atoms with E-state index in [9.17, 15) is 14.7 Å². The van der Waals surface area contributed by atoms with E-state index in [4.69, 9.17) is 0 Å². The molecular weight excluding hydrogens is 254 g/mol. The van der Waals surface area contributed by atoms with Crippen LogP contribution in [-0.4, -0.2) is 23.5 Å². The molecule has 1 aliphatic heterocycles. The molecule has 0 spiro atoms. The van der Waals surface area contributed by atoms with Gasteiger partial charge in [-0.25, -0.2) is 0 Å². The fraction of sp³-hybridized carbons (Fsp3) is 0.500. The average molecular weight is 275 g/mol. The number of benzene rings is 1. The molecule has 0 saturated heterocycles. The molecule has 4 heteroatoms. The summed E-state index contributed by atoms with van der Waals surface area (Å²) in [6, 6.07) is 7.83. The first-order valence-electron chi connectivity index (χ1n) is 7.15. The fourth-order valence-electron chi connectivity index (χ4n) is 2.86. The van der Waals surface area contributed by atoms with Crippen LogP contribution >= 0.6 is 0 Å². The molecule has 1 aromatic rings. The number of aliphatic carboxylic acids is 1. The number of carboxylic acids is 1. The van der Waals surface area contributed by atoms with Gasteiger partial charge >= 0.3 is 5.97 Å². The number of carbonyl (C=O) groups excluding carboxylic acids is 1. The van der Waals surface area contributed by atoms with Gasteiger partial charge in [-0.05, 0) is 30.9 Å². The second kappa shape index (κ2) is 5.65. The zero-order valence-electron chi connectivity index (χ0n) is 12.1. The van der Waals surface area contributed by atoms with Gasteiger partial charge in [0.05, 0.1) is 5.41 Å². The molecule has 0 atom stereocenters. The van der Waals surface area contributed by atoms with Gasteiger partial charge in [0.1, 0.15) is 0 Å². The largest absolute Gasteiger partial charge is 0.481 e. The predicted octanol–water partition coefficient (Wildman–Crippen LogP) is 2.86. The quantitative estimate of drug-likeness (QED) is 0.899. The van der Waals surface area contributed by atoms with Gasteiger partial charge in [0.2, 0.25) is 5.91 Å². The Morgan fingerprint density at radius 2 is 1.90 bits per heavy atom. The summed E-state index contributed by atoms with van der Waals surface area (Å²) in [6.45, 7) is 4.33. The highest BCUT2D eigenvalue weighted by Crippen LogP contribution is 2.34. The third-order valence-electron chi connectivity index (χ3n) is 4.49. The second-order valence-electron chi connectivity index (χ2n) is 5.39. The normalized spacial score (nSPS) is 14.2. The number of amides is 1. The Kier molecular flexibility index (Phi) is 4.12. The minimum Gasteiger partial charge on any atom is -0.481 e. The molecule has 0 bridgehead atoms. The Bertz CT molecular complexity index is 520. The molecule has 1 aromatic carbocycles. The van der Waals surface area contributed by atoms with Gasteiger partial charge in [-0.1, -0.05) is 32.0 Å². The summed E-state index contributed by atoms with van der Waals surface area (Å²) >= 11 is 0. The number of hydrogen-bond acceptors (Lipinski definition) is 2. The average Bonchev–Trinajstić information content (AvgIpc) is 2.88. The molecule has 0 saturated carbocycles. The highest BCUT2D eigenvalue weighted by Gasteiger charge is 2.39. The second-order valence-corrected chi connectivity index (χ2v) is 5.39. The minimum atomic E-state index is -0.936. The number of carboxylic acid groups (broad SMARTS) is 1. The molecule has 0 aliphatic carbocycles. The number of hydrogen-bond donors (Lipinski definition) is 1. The highest BCUT2D eigenvalue weighted by atomic mass is 16.4. The van der Waals surface area contributed by atoms with Crippen LogP contribution in [0.25, 0.3) is 0 Å². The molecule has 2 rings (SSSR count). The van der Waals surface area contributed by atoms with E-state index in [0.29, 0.717) is 19.4 Å². The van der Waals surface area contributed by atoms with Gasteiger partial charge in [0, 0.05) is 18.7 Å².